The molecule has 0 spiro atoms. The van der Waals surface area contributed by atoms with Crippen molar-refractivity contribution < 1.29 is 37.9 Å². The van der Waals surface area contributed by atoms with Crippen molar-refractivity contribution >= 4 is 46.7 Å². The number of methoxy groups -OCH3 is 1. The van der Waals surface area contributed by atoms with Crippen LogP contribution in [-0.2, 0) is 19.1 Å². The molecule has 0 aliphatic heterocycles. The third kappa shape index (κ3) is 14.6. The van der Waals surface area contributed by atoms with Crippen LogP contribution in [0.25, 0.3) is 0 Å². The van der Waals surface area contributed by atoms with Crippen molar-refractivity contribution in [2.24, 2.45) is 11.8 Å². The van der Waals surface area contributed by atoms with Crippen molar-refractivity contribution in [2.45, 2.75) is 46.5 Å². The molecular formula is C40H54N5O7+. The van der Waals surface area contributed by atoms with Crippen LogP contribution in [0.1, 0.15) is 55.5 Å². The molecule has 0 saturated heterocycles. The van der Waals surface area contributed by atoms with Gasteiger partial charge in [0.2, 0.25) is 11.8 Å². The summed E-state index contributed by atoms with van der Waals surface area (Å²) >= 11 is 0. The number of amides is 4. The molecule has 12 nitrogen and oxygen atoms in total. The van der Waals surface area contributed by atoms with Crippen LogP contribution in [0.4, 0.5) is 21.9 Å². The van der Waals surface area contributed by atoms with Crippen molar-refractivity contribution in [2.75, 3.05) is 70.4 Å². The highest BCUT2D eigenvalue weighted by molar-refractivity contribution is 6.02. The quantitative estimate of drug-likeness (QED) is 0.0743. The Bertz CT molecular complexity index is 1670. The van der Waals surface area contributed by atoms with Crippen LogP contribution in [0, 0.1) is 18.8 Å². The van der Waals surface area contributed by atoms with Gasteiger partial charge in [-0.3, -0.25) is 19.2 Å². The van der Waals surface area contributed by atoms with E-state index in [1.807, 2.05) is 66.2 Å². The average Bonchev–Trinajstić information content (AvgIpc) is 3.09. The number of ketones is 1. The van der Waals surface area contributed by atoms with E-state index in [1.54, 1.807) is 48.5 Å². The average molecular weight is 717 g/mol. The lowest BCUT2D eigenvalue weighted by molar-refractivity contribution is -0.870. The van der Waals surface area contributed by atoms with Gasteiger partial charge in [-0.15, -0.1) is 0 Å². The molecule has 0 fully saturated rings. The molecule has 52 heavy (non-hydrogen) atoms. The summed E-state index contributed by atoms with van der Waals surface area (Å²) in [5.74, 6) is -1.56. The van der Waals surface area contributed by atoms with Crippen molar-refractivity contribution in [3.8, 4) is 5.75 Å². The molecule has 4 amide bonds. The zero-order valence-electron chi connectivity index (χ0n) is 31.5. The molecular weight excluding hydrogens is 662 g/mol. The van der Waals surface area contributed by atoms with Crippen LogP contribution >= 0.6 is 0 Å². The maximum Gasteiger partial charge on any atom is 0.323 e. The molecule has 0 bridgehead atoms. The number of anilines is 3. The Labute approximate surface area is 307 Å². The number of aryl methyl sites for hydroxylation is 1. The first-order valence-electron chi connectivity index (χ1n) is 17.6. The lowest BCUT2D eigenvalue weighted by atomic mass is 9.89. The second-order valence-electron chi connectivity index (χ2n) is 14.3. The van der Waals surface area contributed by atoms with Gasteiger partial charge in [-0.05, 0) is 73.7 Å². The van der Waals surface area contributed by atoms with Gasteiger partial charge in [-0.25, -0.2) is 4.79 Å². The Morgan fingerprint density at radius 1 is 0.827 bits per heavy atom. The first-order chi connectivity index (χ1) is 24.6. The third-order valence-corrected chi connectivity index (χ3v) is 8.35. The van der Waals surface area contributed by atoms with Gasteiger partial charge < -0.3 is 34.8 Å². The number of likely N-dealkylation sites (N-methyl/N-ethyl adjacent to an activating group) is 1. The van der Waals surface area contributed by atoms with E-state index in [2.05, 4.69) is 16.0 Å². The maximum absolute atomic E-state index is 13.8. The maximum atomic E-state index is 13.8. The molecule has 0 saturated carbocycles. The monoisotopic (exact) mass is 716 g/mol. The van der Waals surface area contributed by atoms with E-state index < -0.39 is 23.8 Å². The number of nitrogens with zero attached hydrogens (tertiary/aromatic N) is 2. The fourth-order valence-electron chi connectivity index (χ4n) is 5.19. The fourth-order valence-corrected chi connectivity index (χ4v) is 5.19. The number of esters is 1. The highest BCUT2D eigenvalue weighted by atomic mass is 16.5. The molecule has 0 heterocycles. The van der Waals surface area contributed by atoms with Crippen LogP contribution in [0.5, 0.6) is 5.75 Å². The Hall–Kier alpha value is -5.23. The number of carbonyl (C=O) groups is 5. The second-order valence-corrected chi connectivity index (χ2v) is 14.3. The predicted octanol–water partition coefficient (Wildman–Crippen LogP) is 6.38. The topological polar surface area (TPSA) is 143 Å². The third-order valence-electron chi connectivity index (χ3n) is 8.35. The van der Waals surface area contributed by atoms with E-state index in [0.717, 1.165) is 5.56 Å². The smallest absolute Gasteiger partial charge is 0.323 e. The summed E-state index contributed by atoms with van der Waals surface area (Å²) in [6.45, 7) is 6.93. The van der Waals surface area contributed by atoms with E-state index >= 15 is 0 Å². The largest absolute Gasteiger partial charge is 0.497 e. The Morgan fingerprint density at radius 3 is 2.13 bits per heavy atom. The summed E-state index contributed by atoms with van der Waals surface area (Å²) in [6, 6.07) is 20.4. The Kier molecular flexibility index (Phi) is 15.8. The molecule has 12 heteroatoms. The summed E-state index contributed by atoms with van der Waals surface area (Å²) < 4.78 is 11.3. The highest BCUT2D eigenvalue weighted by Crippen LogP contribution is 2.23. The molecule has 3 aromatic carbocycles. The standard InChI is InChI=1S/C40H53N5O7/c1-28(2)21-22-44(27-36(46)41-32-16-18-33(19-17-32)42-40(50)43-35-14-9-8-11-29(35)3)37(47)26-31(15-20-38(48)52-24-23-45(4,5)6)39(49)30-12-10-13-34(25-30)51-7/h8-14,16-19,25,28,31H,15,20-24,26-27H2,1-7H3,(H2-,41,42,43,46,50)/p+1. The van der Waals surface area contributed by atoms with Crippen LogP contribution in [-0.4, -0.2) is 93.5 Å². The molecule has 3 aromatic rings. The van der Waals surface area contributed by atoms with Crippen LogP contribution < -0.4 is 20.7 Å². The molecule has 1 atom stereocenters. The first-order valence-corrected chi connectivity index (χ1v) is 17.6. The van der Waals surface area contributed by atoms with E-state index in [4.69, 9.17) is 9.47 Å². The summed E-state index contributed by atoms with van der Waals surface area (Å²) in [4.78, 5) is 67.4. The second kappa shape index (κ2) is 20.0. The summed E-state index contributed by atoms with van der Waals surface area (Å²) in [5.41, 5.74) is 3.02. The minimum Gasteiger partial charge on any atom is -0.497 e. The number of benzene rings is 3. The van der Waals surface area contributed by atoms with Gasteiger partial charge in [-0.2, -0.15) is 0 Å². The molecule has 0 aromatic heterocycles. The molecule has 3 rings (SSSR count). The van der Waals surface area contributed by atoms with Gasteiger partial charge in [0.25, 0.3) is 0 Å². The van der Waals surface area contributed by atoms with E-state index in [-0.39, 0.29) is 50.0 Å². The van der Waals surface area contributed by atoms with Crippen molar-refractivity contribution in [3.63, 3.8) is 0 Å². The van der Waals surface area contributed by atoms with Crippen LogP contribution in [0.15, 0.2) is 72.8 Å². The molecule has 0 radical (unpaired) electrons. The Morgan fingerprint density at radius 2 is 1.50 bits per heavy atom. The highest BCUT2D eigenvalue weighted by Gasteiger charge is 2.28. The number of quaternary nitrogens is 1. The van der Waals surface area contributed by atoms with Gasteiger partial charge in [0, 0.05) is 47.9 Å². The lowest BCUT2D eigenvalue weighted by Crippen LogP contribution is -2.40. The minimum atomic E-state index is -0.821. The molecule has 1 unspecified atom stereocenters. The number of nitrogens with one attached hydrogen (secondary N) is 3. The zero-order valence-corrected chi connectivity index (χ0v) is 31.5. The summed E-state index contributed by atoms with van der Waals surface area (Å²) in [6.07, 6.45) is 0.545. The van der Waals surface area contributed by atoms with Gasteiger partial charge in [0.1, 0.15) is 18.9 Å². The number of hydrogen-bond acceptors (Lipinski definition) is 7. The predicted molar refractivity (Wildman–Crippen MR) is 203 cm³/mol. The minimum absolute atomic E-state index is 0.0321. The normalized spacial score (nSPS) is 11.7. The number of rotatable bonds is 19. The molecule has 0 aliphatic rings. The number of ether oxygens (including phenoxy) is 2. The van der Waals surface area contributed by atoms with Crippen LogP contribution in [0.3, 0.4) is 0 Å². The van der Waals surface area contributed by atoms with E-state index in [1.165, 1.54) is 12.0 Å². The molecule has 3 N–H and O–H groups in total. The van der Waals surface area contributed by atoms with Gasteiger partial charge in [0.05, 0.1) is 34.8 Å². The Balaban J connectivity index is 1.68. The van der Waals surface area contributed by atoms with E-state index in [0.29, 0.717) is 52.4 Å². The van der Waals surface area contributed by atoms with Gasteiger partial charge in [-0.1, -0.05) is 44.2 Å². The number of hydrogen-bond donors (Lipinski definition) is 3. The first kappa shape index (κ1) is 41.2. The number of carbonyl (C=O) groups excluding carboxylic acids is 5. The summed E-state index contributed by atoms with van der Waals surface area (Å²) in [7, 11) is 7.50. The van der Waals surface area contributed by atoms with Crippen molar-refractivity contribution in [1.29, 1.82) is 0 Å². The SMILES string of the molecule is COc1cccc(C(=O)C(CCC(=O)OCC[N+](C)(C)C)CC(=O)N(CCC(C)C)CC(=O)Nc2ccc(NC(=O)Nc3ccccc3C)cc2)c1. The van der Waals surface area contributed by atoms with Crippen LogP contribution in [0.2, 0.25) is 0 Å². The van der Waals surface area contributed by atoms with Gasteiger partial charge >= 0.3 is 12.0 Å². The number of urea groups is 1. The fraction of sp³-hybridized carbons (Fsp3) is 0.425. The summed E-state index contributed by atoms with van der Waals surface area (Å²) in [5, 5.41) is 8.41. The molecule has 0 aliphatic carbocycles. The van der Waals surface area contributed by atoms with Crippen molar-refractivity contribution in [1.82, 2.24) is 4.90 Å². The van der Waals surface area contributed by atoms with Gasteiger partial charge in [0.15, 0.2) is 5.78 Å². The number of Topliss-reactive ketones (excluding diaryl/α,β-unsaturated/α-hetero) is 1. The van der Waals surface area contributed by atoms with Crippen molar-refractivity contribution in [3.05, 3.63) is 83.9 Å². The number of para-hydroxylation sites is 1. The zero-order chi connectivity index (χ0) is 38.3. The lowest BCUT2D eigenvalue weighted by Gasteiger charge is -2.25. The van der Waals surface area contributed by atoms with E-state index in [9.17, 15) is 24.0 Å². The molecule has 280 valence electrons.